The summed E-state index contributed by atoms with van der Waals surface area (Å²) in [5.74, 6) is 0.371. The molecule has 0 aromatic rings. The molecule has 3 rings (SSSR count). The van der Waals surface area contributed by atoms with E-state index in [1.165, 1.54) is 5.57 Å². The van der Waals surface area contributed by atoms with Gasteiger partial charge in [0, 0.05) is 5.41 Å². The summed E-state index contributed by atoms with van der Waals surface area (Å²) < 4.78 is 12.4. The van der Waals surface area contributed by atoms with Crippen LogP contribution in [0.5, 0.6) is 0 Å². The van der Waals surface area contributed by atoms with Crippen LogP contribution in [0.3, 0.4) is 0 Å². The zero-order valence-corrected chi connectivity index (χ0v) is 19.1. The number of hydrogen-bond acceptors (Lipinski definition) is 3. The van der Waals surface area contributed by atoms with E-state index in [1.54, 1.807) is 0 Å². The number of allylic oxidation sites excluding steroid dienone is 1. The highest BCUT2D eigenvalue weighted by atomic mass is 28.4. The van der Waals surface area contributed by atoms with Crippen LogP contribution in [-0.4, -0.2) is 27.0 Å². The van der Waals surface area contributed by atoms with Gasteiger partial charge in [-0.2, -0.15) is 0 Å². The summed E-state index contributed by atoms with van der Waals surface area (Å²) in [5, 5.41) is 0.195. The molecule has 1 saturated heterocycles. The van der Waals surface area contributed by atoms with Crippen molar-refractivity contribution >= 4 is 14.3 Å². The summed E-state index contributed by atoms with van der Waals surface area (Å²) in [6.45, 7) is 19.4. The lowest BCUT2D eigenvalue weighted by molar-refractivity contribution is -0.144. The Labute approximate surface area is 161 Å². The number of carbonyl (C=O) groups excluding carboxylic acids is 1. The van der Waals surface area contributed by atoms with Crippen LogP contribution >= 0.6 is 0 Å². The van der Waals surface area contributed by atoms with Crippen molar-refractivity contribution in [1.29, 1.82) is 0 Å². The molecule has 1 saturated carbocycles. The van der Waals surface area contributed by atoms with Gasteiger partial charge in [-0.05, 0) is 55.1 Å². The van der Waals surface area contributed by atoms with Crippen molar-refractivity contribution in [2.45, 2.75) is 91.5 Å². The third-order valence-electron chi connectivity index (χ3n) is 8.06. The molecular weight excluding hydrogens is 340 g/mol. The molecule has 4 heteroatoms. The first kappa shape index (κ1) is 20.1. The first-order chi connectivity index (χ1) is 11.8. The molecule has 0 aromatic heterocycles. The van der Waals surface area contributed by atoms with Crippen LogP contribution in [0.2, 0.25) is 18.1 Å². The zero-order valence-electron chi connectivity index (χ0n) is 18.1. The molecule has 26 heavy (non-hydrogen) atoms. The SMILES string of the molecule is CC1(C)CC[C@@H](O[Si](C)(C)C(C)(C)C)[C@]2(C)C1=CC[C@H]2C1CCOC1=O. The number of hydrogen-bond donors (Lipinski definition) is 0. The van der Waals surface area contributed by atoms with Gasteiger partial charge in [0.2, 0.25) is 0 Å². The molecule has 0 amide bonds. The van der Waals surface area contributed by atoms with E-state index in [2.05, 4.69) is 60.7 Å². The molecule has 3 nitrogen and oxygen atoms in total. The molecule has 2 aliphatic carbocycles. The van der Waals surface area contributed by atoms with E-state index in [0.29, 0.717) is 12.5 Å². The van der Waals surface area contributed by atoms with Crippen molar-refractivity contribution < 1.29 is 14.0 Å². The standard InChI is InChI=1S/C22H38O3Si/c1-20(2,3)26(7,8)25-18-11-13-21(4,5)17-10-9-16(22(17,18)6)15-12-14-24-19(15)23/h10,15-16,18H,9,11-14H2,1-8H3/t15?,16-,18+,22-/m0/s1. The van der Waals surface area contributed by atoms with Crippen LogP contribution in [0.4, 0.5) is 0 Å². The fourth-order valence-electron chi connectivity index (χ4n) is 5.43. The van der Waals surface area contributed by atoms with Crippen LogP contribution < -0.4 is 0 Å². The number of cyclic esters (lactones) is 1. The lowest BCUT2D eigenvalue weighted by Crippen LogP contribution is -2.55. The fourth-order valence-corrected chi connectivity index (χ4v) is 6.85. The lowest BCUT2D eigenvalue weighted by atomic mass is 9.55. The molecule has 3 aliphatic rings. The second kappa shape index (κ2) is 6.20. The summed E-state index contributed by atoms with van der Waals surface area (Å²) in [6, 6.07) is 0. The predicted molar refractivity (Wildman–Crippen MR) is 108 cm³/mol. The first-order valence-electron chi connectivity index (χ1n) is 10.4. The number of ether oxygens (including phenoxy) is 1. The van der Waals surface area contributed by atoms with Crippen molar-refractivity contribution in [2.75, 3.05) is 6.61 Å². The minimum atomic E-state index is -1.88. The predicted octanol–water partition coefficient (Wildman–Crippen LogP) is 5.71. The topological polar surface area (TPSA) is 35.5 Å². The van der Waals surface area contributed by atoms with E-state index in [0.717, 1.165) is 25.7 Å². The van der Waals surface area contributed by atoms with Crippen LogP contribution in [0, 0.1) is 22.7 Å². The summed E-state index contributed by atoms with van der Waals surface area (Å²) in [6.07, 6.45) is 6.77. The molecule has 1 unspecified atom stereocenters. The summed E-state index contributed by atoms with van der Waals surface area (Å²) in [7, 11) is -1.88. The van der Waals surface area contributed by atoms with Crippen molar-refractivity contribution in [3.8, 4) is 0 Å². The van der Waals surface area contributed by atoms with Gasteiger partial charge in [0.1, 0.15) is 0 Å². The molecular formula is C22H38O3Si. The van der Waals surface area contributed by atoms with Gasteiger partial charge in [-0.25, -0.2) is 0 Å². The largest absolute Gasteiger partial charge is 0.465 e. The summed E-state index contributed by atoms with van der Waals surface area (Å²) in [5.41, 5.74) is 1.68. The molecule has 0 spiro atoms. The molecule has 0 aromatic carbocycles. The molecule has 4 atom stereocenters. The highest BCUT2D eigenvalue weighted by molar-refractivity contribution is 6.74. The van der Waals surface area contributed by atoms with Crippen LogP contribution in [0.25, 0.3) is 0 Å². The lowest BCUT2D eigenvalue weighted by Gasteiger charge is -2.55. The van der Waals surface area contributed by atoms with Gasteiger partial charge in [-0.15, -0.1) is 0 Å². The molecule has 0 bridgehead atoms. The highest BCUT2D eigenvalue weighted by Crippen LogP contribution is 2.62. The third-order valence-corrected chi connectivity index (χ3v) is 12.5. The second-order valence-electron chi connectivity index (χ2n) is 11.1. The maximum atomic E-state index is 12.4. The molecule has 0 radical (unpaired) electrons. The Bertz CT molecular complexity index is 613. The Morgan fingerprint density at radius 1 is 1.19 bits per heavy atom. The maximum absolute atomic E-state index is 12.4. The Morgan fingerprint density at radius 3 is 2.38 bits per heavy atom. The number of fused-ring (bicyclic) bond motifs is 1. The molecule has 0 N–H and O–H groups in total. The quantitative estimate of drug-likeness (QED) is 0.358. The normalized spacial score (nSPS) is 37.3. The van der Waals surface area contributed by atoms with Gasteiger partial charge in [-0.3, -0.25) is 4.79 Å². The van der Waals surface area contributed by atoms with Gasteiger partial charge in [0.15, 0.2) is 8.32 Å². The Morgan fingerprint density at radius 2 is 1.85 bits per heavy atom. The van der Waals surface area contributed by atoms with Crippen molar-refractivity contribution in [2.24, 2.45) is 22.7 Å². The summed E-state index contributed by atoms with van der Waals surface area (Å²) in [4.78, 5) is 12.4. The van der Waals surface area contributed by atoms with Gasteiger partial charge >= 0.3 is 5.97 Å². The van der Waals surface area contributed by atoms with Gasteiger partial charge in [-0.1, -0.05) is 53.2 Å². The van der Waals surface area contributed by atoms with Crippen molar-refractivity contribution in [3.05, 3.63) is 11.6 Å². The molecule has 2 fully saturated rings. The molecule has 1 aliphatic heterocycles. The number of esters is 1. The average Bonchev–Trinajstić information content (AvgIpc) is 3.05. The van der Waals surface area contributed by atoms with Gasteiger partial charge in [0.25, 0.3) is 0 Å². The second-order valence-corrected chi connectivity index (χ2v) is 15.9. The Hall–Kier alpha value is -0.613. The monoisotopic (exact) mass is 378 g/mol. The van der Waals surface area contributed by atoms with E-state index >= 15 is 0 Å². The minimum Gasteiger partial charge on any atom is -0.465 e. The van der Waals surface area contributed by atoms with Crippen LogP contribution in [0.15, 0.2) is 11.6 Å². The maximum Gasteiger partial charge on any atom is 0.309 e. The average molecular weight is 379 g/mol. The smallest absolute Gasteiger partial charge is 0.309 e. The third kappa shape index (κ3) is 3.01. The van der Waals surface area contributed by atoms with E-state index in [9.17, 15) is 4.79 Å². The van der Waals surface area contributed by atoms with E-state index in [4.69, 9.17) is 9.16 Å². The Balaban J connectivity index is 1.97. The van der Waals surface area contributed by atoms with E-state index in [1.807, 2.05) is 0 Å². The number of rotatable bonds is 3. The van der Waals surface area contributed by atoms with Gasteiger partial charge < -0.3 is 9.16 Å². The molecule has 148 valence electrons. The number of carbonyl (C=O) groups is 1. The first-order valence-corrected chi connectivity index (χ1v) is 13.3. The van der Waals surface area contributed by atoms with Gasteiger partial charge in [0.05, 0.1) is 18.6 Å². The fraction of sp³-hybridized carbons (Fsp3) is 0.864. The molecule has 1 heterocycles. The van der Waals surface area contributed by atoms with Crippen LogP contribution in [-0.2, 0) is 14.0 Å². The van der Waals surface area contributed by atoms with E-state index in [-0.39, 0.29) is 33.9 Å². The van der Waals surface area contributed by atoms with Crippen LogP contribution in [0.1, 0.15) is 67.2 Å². The highest BCUT2D eigenvalue weighted by Gasteiger charge is 2.59. The zero-order chi connectivity index (χ0) is 19.5. The van der Waals surface area contributed by atoms with Crippen molar-refractivity contribution in [1.82, 2.24) is 0 Å². The summed E-state index contributed by atoms with van der Waals surface area (Å²) >= 11 is 0. The Kier molecular flexibility index (Phi) is 4.80. The van der Waals surface area contributed by atoms with E-state index < -0.39 is 8.32 Å². The minimum absolute atomic E-state index is 0.0142. The van der Waals surface area contributed by atoms with Crippen molar-refractivity contribution in [3.63, 3.8) is 0 Å².